The molecule has 43 heavy (non-hydrogen) atoms. The van der Waals surface area contributed by atoms with Gasteiger partial charge in [0.05, 0.1) is 17.4 Å². The van der Waals surface area contributed by atoms with Gasteiger partial charge in [0.1, 0.15) is 12.7 Å². The van der Waals surface area contributed by atoms with Gasteiger partial charge < -0.3 is 14.2 Å². The third-order valence-corrected chi connectivity index (χ3v) is 7.18. The average molecular weight is 609 g/mol. The molecule has 3 atom stereocenters. The van der Waals surface area contributed by atoms with Crippen molar-refractivity contribution in [2.75, 3.05) is 12.9 Å². The number of hydrogen-bond donors (Lipinski definition) is 0. The Kier molecular flexibility index (Phi) is 8.67. The first-order chi connectivity index (χ1) is 20.5. The second kappa shape index (κ2) is 12.4. The number of esters is 2. The summed E-state index contributed by atoms with van der Waals surface area (Å²) in [4.78, 5) is 25.6. The Morgan fingerprint density at radius 2 is 1.16 bits per heavy atom. The summed E-state index contributed by atoms with van der Waals surface area (Å²) < 4.78 is 73.9. The van der Waals surface area contributed by atoms with Crippen LogP contribution < -0.4 is 0 Å². The predicted octanol–water partition coefficient (Wildman–Crippen LogP) is 5.74. The maximum atomic E-state index is 15.3. The van der Waals surface area contributed by atoms with Crippen LogP contribution in [-0.2, 0) is 28.5 Å². The van der Waals surface area contributed by atoms with E-state index in [1.54, 1.807) is 24.3 Å². The first kappa shape index (κ1) is 30.0. The Morgan fingerprint density at radius 3 is 1.63 bits per heavy atom. The maximum absolute atomic E-state index is 15.3. The zero-order valence-corrected chi connectivity index (χ0v) is 23.6. The summed E-state index contributed by atoms with van der Waals surface area (Å²) in [5.41, 5.74) is 3.56. The van der Waals surface area contributed by atoms with Gasteiger partial charge in [-0.1, -0.05) is 84.9 Å². The molecule has 0 spiro atoms. The van der Waals surface area contributed by atoms with E-state index in [-0.39, 0.29) is 11.1 Å². The molecule has 222 valence electrons. The van der Waals surface area contributed by atoms with Gasteiger partial charge in [-0.05, 0) is 46.5 Å². The standard InChI is InChI=1S/C32H26F2O8S/c1-43(37,38)42-31-32(33,34)28(41-30(36)26-18-14-24(15-19-26)22-10-6-3-7-11-22)27(40-31)20-39-29(35)25-16-12-23(13-17-25)21-8-4-2-5-9-21/h2-19,27-28,31H,20H2,1H3/t27-,28?,31+/m1/s1. The van der Waals surface area contributed by atoms with Crippen molar-refractivity contribution in [3.8, 4) is 22.3 Å². The number of hydrogen-bond acceptors (Lipinski definition) is 8. The molecule has 0 N–H and O–H groups in total. The molecule has 11 heteroatoms. The first-order valence-electron chi connectivity index (χ1n) is 13.1. The van der Waals surface area contributed by atoms with Crippen LogP contribution in [0.1, 0.15) is 20.7 Å². The quantitative estimate of drug-likeness (QED) is 0.175. The Morgan fingerprint density at radius 1 is 0.721 bits per heavy atom. The van der Waals surface area contributed by atoms with Gasteiger partial charge in [0, 0.05) is 0 Å². The van der Waals surface area contributed by atoms with Gasteiger partial charge >= 0.3 is 17.9 Å². The molecule has 1 unspecified atom stereocenters. The van der Waals surface area contributed by atoms with Crippen molar-refractivity contribution in [1.82, 2.24) is 0 Å². The number of alkyl halides is 2. The highest BCUT2D eigenvalue weighted by molar-refractivity contribution is 7.86. The second-order valence-corrected chi connectivity index (χ2v) is 11.4. The summed E-state index contributed by atoms with van der Waals surface area (Å²) in [6.45, 7) is -0.774. The van der Waals surface area contributed by atoms with Gasteiger partial charge in [0.15, 0.2) is 0 Å². The Bertz CT molecular complexity index is 1680. The van der Waals surface area contributed by atoms with Crippen LogP contribution in [0.3, 0.4) is 0 Å². The molecular formula is C32H26F2O8S. The van der Waals surface area contributed by atoms with E-state index in [0.29, 0.717) is 6.26 Å². The molecule has 1 aliphatic rings. The van der Waals surface area contributed by atoms with Crippen LogP contribution in [0.5, 0.6) is 0 Å². The highest BCUT2D eigenvalue weighted by Crippen LogP contribution is 2.40. The van der Waals surface area contributed by atoms with Crippen LogP contribution in [-0.4, -0.2) is 57.6 Å². The fraction of sp³-hybridized carbons (Fsp3) is 0.188. The van der Waals surface area contributed by atoms with E-state index in [1.807, 2.05) is 60.7 Å². The molecule has 1 heterocycles. The van der Waals surface area contributed by atoms with Gasteiger partial charge in [-0.15, -0.1) is 0 Å². The third kappa shape index (κ3) is 7.14. The van der Waals surface area contributed by atoms with E-state index in [4.69, 9.17) is 14.2 Å². The van der Waals surface area contributed by atoms with Gasteiger partial charge in [-0.2, -0.15) is 17.2 Å². The minimum Gasteiger partial charge on any atom is -0.459 e. The van der Waals surface area contributed by atoms with Gasteiger partial charge in [0.2, 0.25) is 12.4 Å². The van der Waals surface area contributed by atoms with Crippen LogP contribution in [0, 0.1) is 0 Å². The molecule has 0 amide bonds. The molecule has 0 aromatic heterocycles. The van der Waals surface area contributed by atoms with Crippen LogP contribution >= 0.6 is 0 Å². The van der Waals surface area contributed by atoms with Crippen molar-refractivity contribution < 1.29 is 45.2 Å². The van der Waals surface area contributed by atoms with Crippen molar-refractivity contribution in [3.05, 3.63) is 120 Å². The third-order valence-electron chi connectivity index (χ3n) is 6.66. The minimum atomic E-state index is -4.39. The van der Waals surface area contributed by atoms with Crippen molar-refractivity contribution in [1.29, 1.82) is 0 Å². The minimum absolute atomic E-state index is 0.0304. The summed E-state index contributed by atoms with van der Waals surface area (Å²) in [6, 6.07) is 31.3. The lowest BCUT2D eigenvalue weighted by atomic mass is 10.0. The molecule has 5 rings (SSSR count). The zero-order valence-electron chi connectivity index (χ0n) is 22.8. The van der Waals surface area contributed by atoms with E-state index in [9.17, 15) is 18.0 Å². The van der Waals surface area contributed by atoms with Crippen molar-refractivity contribution in [3.63, 3.8) is 0 Å². The monoisotopic (exact) mass is 608 g/mol. The lowest BCUT2D eigenvalue weighted by Gasteiger charge is -2.23. The number of halogens is 2. The molecule has 1 aliphatic heterocycles. The number of carbonyl (C=O) groups is 2. The van der Waals surface area contributed by atoms with E-state index in [2.05, 4.69) is 4.18 Å². The first-order valence-corrected chi connectivity index (χ1v) is 14.9. The van der Waals surface area contributed by atoms with Crippen LogP contribution in [0.25, 0.3) is 22.3 Å². The topological polar surface area (TPSA) is 105 Å². The summed E-state index contributed by atoms with van der Waals surface area (Å²) in [5, 5.41) is 0. The SMILES string of the molecule is CS(=O)(=O)O[C@@H]1O[C@H](COC(=O)c2ccc(-c3ccccc3)cc2)C(OC(=O)c2ccc(-c3ccccc3)cc2)C1(F)F. The van der Waals surface area contributed by atoms with Crippen molar-refractivity contribution in [2.24, 2.45) is 0 Å². The second-order valence-electron chi connectivity index (χ2n) is 9.79. The molecule has 0 radical (unpaired) electrons. The molecule has 0 bridgehead atoms. The predicted molar refractivity (Wildman–Crippen MR) is 153 cm³/mol. The van der Waals surface area contributed by atoms with Crippen LogP contribution in [0.4, 0.5) is 8.78 Å². The summed E-state index contributed by atoms with van der Waals surface area (Å²) >= 11 is 0. The number of carbonyl (C=O) groups excluding carboxylic acids is 2. The molecule has 4 aromatic rings. The molecule has 1 saturated heterocycles. The highest BCUT2D eigenvalue weighted by atomic mass is 32.2. The van der Waals surface area contributed by atoms with Crippen molar-refractivity contribution >= 4 is 22.1 Å². The number of benzene rings is 4. The van der Waals surface area contributed by atoms with Crippen LogP contribution in [0.15, 0.2) is 109 Å². The van der Waals surface area contributed by atoms with E-state index in [1.165, 1.54) is 24.3 Å². The highest BCUT2D eigenvalue weighted by Gasteiger charge is 2.63. The largest absolute Gasteiger partial charge is 0.459 e. The molecular weight excluding hydrogens is 582 g/mol. The Balaban J connectivity index is 1.30. The maximum Gasteiger partial charge on any atom is 0.338 e. The lowest BCUT2D eigenvalue weighted by molar-refractivity contribution is -0.183. The molecule has 0 saturated carbocycles. The van der Waals surface area contributed by atoms with Gasteiger partial charge in [0.25, 0.3) is 10.1 Å². The molecule has 4 aromatic carbocycles. The Hall–Kier alpha value is -4.45. The number of rotatable bonds is 9. The van der Waals surface area contributed by atoms with Crippen molar-refractivity contribution in [2.45, 2.75) is 24.4 Å². The summed E-state index contributed by atoms with van der Waals surface area (Å²) in [6.07, 6.45) is -6.08. The van der Waals surface area contributed by atoms with Gasteiger partial charge in [-0.3, -0.25) is 0 Å². The fourth-order valence-electron chi connectivity index (χ4n) is 4.51. The van der Waals surface area contributed by atoms with E-state index >= 15 is 8.78 Å². The van der Waals surface area contributed by atoms with E-state index < -0.39 is 53.1 Å². The smallest absolute Gasteiger partial charge is 0.338 e. The Labute approximate surface area is 246 Å². The van der Waals surface area contributed by atoms with E-state index in [0.717, 1.165) is 22.3 Å². The summed E-state index contributed by atoms with van der Waals surface area (Å²) in [7, 11) is -4.39. The molecule has 1 fully saturated rings. The number of ether oxygens (including phenoxy) is 3. The van der Waals surface area contributed by atoms with Crippen LogP contribution in [0.2, 0.25) is 0 Å². The fourth-order valence-corrected chi connectivity index (χ4v) is 5.00. The molecule has 8 nitrogen and oxygen atoms in total. The summed E-state index contributed by atoms with van der Waals surface area (Å²) in [5.74, 6) is -6.06. The molecule has 0 aliphatic carbocycles. The van der Waals surface area contributed by atoms with Gasteiger partial charge in [-0.25, -0.2) is 13.8 Å². The average Bonchev–Trinajstić information content (AvgIpc) is 3.23. The lowest BCUT2D eigenvalue weighted by Crippen LogP contribution is -2.45. The zero-order chi connectivity index (χ0) is 30.6. The normalized spacial score (nSPS) is 19.5.